The predicted octanol–water partition coefficient (Wildman–Crippen LogP) is 4.37. The fourth-order valence-electron chi connectivity index (χ4n) is 3.54. The van der Waals surface area contributed by atoms with Crippen LogP contribution in [0.15, 0.2) is 38.3 Å². The molecular formula is C21H19Cl2N3O4. The van der Waals surface area contributed by atoms with Gasteiger partial charge in [-0.25, -0.2) is 0 Å². The van der Waals surface area contributed by atoms with Crippen LogP contribution in [-0.2, 0) is 6.54 Å². The van der Waals surface area contributed by atoms with Gasteiger partial charge in [0.1, 0.15) is 17.1 Å². The Bertz CT molecular complexity index is 1230. The largest absolute Gasteiger partial charge is 0.447 e. The number of fused-ring (bicyclic) bond motifs is 1. The minimum Gasteiger partial charge on any atom is -0.447 e. The third kappa shape index (κ3) is 3.38. The molecule has 0 aliphatic carbocycles. The summed E-state index contributed by atoms with van der Waals surface area (Å²) in [5.74, 6) is 0.249. The standard InChI is InChI=1S/C21H19Cl2N3O4/c1-21(2,3)19(12-6-7-13(23)30-12)26-16-15(17(27)18(16)28)25-11-5-4-10(22)9-8-24-20(29)14(9)11/h4-7,19,25-26H,8H2,1-3H3,(H,24,29)/t19-/m1/s1. The van der Waals surface area contributed by atoms with E-state index in [-0.39, 0.29) is 27.9 Å². The lowest BCUT2D eigenvalue weighted by atomic mass is 9.85. The number of nitrogens with one attached hydrogen (secondary N) is 3. The molecule has 2 heterocycles. The molecule has 0 saturated heterocycles. The van der Waals surface area contributed by atoms with Crippen molar-refractivity contribution in [2.75, 3.05) is 10.6 Å². The van der Waals surface area contributed by atoms with E-state index < -0.39 is 16.9 Å². The molecule has 1 amide bonds. The molecule has 0 saturated carbocycles. The highest BCUT2D eigenvalue weighted by Gasteiger charge is 2.34. The van der Waals surface area contributed by atoms with Crippen LogP contribution in [0.5, 0.6) is 0 Å². The van der Waals surface area contributed by atoms with E-state index in [1.165, 1.54) is 0 Å². The quantitative estimate of drug-likeness (QED) is 0.502. The molecule has 4 rings (SSSR count). The summed E-state index contributed by atoms with van der Waals surface area (Å²) >= 11 is 12.1. The molecule has 7 nitrogen and oxygen atoms in total. The van der Waals surface area contributed by atoms with Gasteiger partial charge in [-0.15, -0.1) is 0 Å². The fraction of sp³-hybridized carbons (Fsp3) is 0.286. The molecule has 0 fully saturated rings. The van der Waals surface area contributed by atoms with Crippen molar-refractivity contribution in [1.82, 2.24) is 5.32 Å². The summed E-state index contributed by atoms with van der Waals surface area (Å²) in [7, 11) is 0. The minimum absolute atomic E-state index is 0.0936. The second kappa shape index (κ2) is 7.18. The number of halogens is 2. The maximum atomic E-state index is 12.3. The summed E-state index contributed by atoms with van der Waals surface area (Å²) in [5, 5.41) is 9.48. The second-order valence-electron chi connectivity index (χ2n) is 8.25. The van der Waals surface area contributed by atoms with Crippen LogP contribution in [0.2, 0.25) is 10.2 Å². The van der Waals surface area contributed by atoms with Crippen molar-refractivity contribution >= 4 is 46.2 Å². The van der Waals surface area contributed by atoms with Crippen molar-refractivity contribution in [3.05, 3.63) is 71.8 Å². The third-order valence-electron chi connectivity index (χ3n) is 5.11. The first-order valence-electron chi connectivity index (χ1n) is 9.29. The second-order valence-corrected chi connectivity index (χ2v) is 9.03. The van der Waals surface area contributed by atoms with Crippen LogP contribution >= 0.6 is 23.2 Å². The van der Waals surface area contributed by atoms with Crippen LogP contribution in [0.25, 0.3) is 0 Å². The highest BCUT2D eigenvalue weighted by atomic mass is 35.5. The molecule has 156 valence electrons. The van der Waals surface area contributed by atoms with Gasteiger partial charge in [0.25, 0.3) is 16.8 Å². The molecule has 1 atom stereocenters. The van der Waals surface area contributed by atoms with E-state index in [2.05, 4.69) is 16.0 Å². The van der Waals surface area contributed by atoms with Crippen molar-refractivity contribution in [1.29, 1.82) is 0 Å². The summed E-state index contributed by atoms with van der Waals surface area (Å²) in [6.45, 7) is 6.22. The maximum Gasteiger partial charge on any atom is 0.254 e. The predicted molar refractivity (Wildman–Crippen MR) is 117 cm³/mol. The summed E-state index contributed by atoms with van der Waals surface area (Å²) in [4.78, 5) is 36.9. The number of amides is 1. The zero-order valence-electron chi connectivity index (χ0n) is 16.5. The zero-order chi connectivity index (χ0) is 21.8. The lowest BCUT2D eigenvalue weighted by Crippen LogP contribution is -2.39. The summed E-state index contributed by atoms with van der Waals surface area (Å²) in [5.41, 5.74) is -0.00766. The highest BCUT2D eigenvalue weighted by molar-refractivity contribution is 6.32. The van der Waals surface area contributed by atoms with Crippen molar-refractivity contribution < 1.29 is 9.21 Å². The number of hydrogen-bond donors (Lipinski definition) is 3. The molecule has 3 aromatic rings. The van der Waals surface area contributed by atoms with Crippen molar-refractivity contribution in [2.45, 2.75) is 33.4 Å². The summed E-state index contributed by atoms with van der Waals surface area (Å²) in [6.07, 6.45) is 0. The first-order valence-corrected chi connectivity index (χ1v) is 10.0. The molecule has 1 aliphatic heterocycles. The van der Waals surface area contributed by atoms with Gasteiger partial charge < -0.3 is 20.4 Å². The average Bonchev–Trinajstić information content (AvgIpc) is 3.28. The zero-order valence-corrected chi connectivity index (χ0v) is 18.0. The monoisotopic (exact) mass is 447 g/mol. The van der Waals surface area contributed by atoms with Crippen LogP contribution in [0.3, 0.4) is 0 Å². The van der Waals surface area contributed by atoms with E-state index >= 15 is 0 Å². The van der Waals surface area contributed by atoms with Crippen LogP contribution in [0, 0.1) is 5.41 Å². The summed E-state index contributed by atoms with van der Waals surface area (Å²) < 4.78 is 5.54. The molecule has 9 heteroatoms. The Morgan fingerprint density at radius 1 is 1.03 bits per heavy atom. The molecular weight excluding hydrogens is 429 g/mol. The Kier molecular flexibility index (Phi) is 4.91. The van der Waals surface area contributed by atoms with Crippen molar-refractivity contribution in [3.8, 4) is 0 Å². The lowest BCUT2D eigenvalue weighted by Gasteiger charge is -2.31. The Morgan fingerprint density at radius 2 is 1.73 bits per heavy atom. The number of carbonyl (C=O) groups excluding carboxylic acids is 1. The van der Waals surface area contributed by atoms with E-state index in [1.54, 1.807) is 24.3 Å². The molecule has 2 aromatic carbocycles. The smallest absolute Gasteiger partial charge is 0.254 e. The SMILES string of the molecule is CC(C)(C)[C@H](Nc1c(Nc2ccc(Cl)c3c2C(=O)NC3)c(=O)c1=O)c1ccc(Cl)o1. The molecule has 30 heavy (non-hydrogen) atoms. The van der Waals surface area contributed by atoms with Crippen LogP contribution in [0.4, 0.5) is 17.1 Å². The van der Waals surface area contributed by atoms with Gasteiger partial charge in [0.05, 0.1) is 17.3 Å². The van der Waals surface area contributed by atoms with Gasteiger partial charge in [0, 0.05) is 17.1 Å². The Hall–Kier alpha value is -2.77. The topological polar surface area (TPSA) is 100 Å². The Balaban J connectivity index is 1.70. The number of anilines is 3. The van der Waals surface area contributed by atoms with Crippen LogP contribution in [-0.4, -0.2) is 5.91 Å². The van der Waals surface area contributed by atoms with Crippen molar-refractivity contribution in [2.24, 2.45) is 5.41 Å². The number of hydrogen-bond acceptors (Lipinski definition) is 6. The first kappa shape index (κ1) is 20.5. The Labute approximate surface area is 182 Å². The van der Waals surface area contributed by atoms with E-state index in [0.29, 0.717) is 34.1 Å². The summed E-state index contributed by atoms with van der Waals surface area (Å²) in [6, 6.07) is 6.17. The number of rotatable bonds is 5. The number of benzene rings is 1. The van der Waals surface area contributed by atoms with Gasteiger partial charge >= 0.3 is 0 Å². The highest BCUT2D eigenvalue weighted by Crippen LogP contribution is 2.39. The average molecular weight is 448 g/mol. The minimum atomic E-state index is -0.662. The van der Waals surface area contributed by atoms with Gasteiger partial charge in [0.15, 0.2) is 5.22 Å². The van der Waals surface area contributed by atoms with Gasteiger partial charge in [-0.2, -0.15) is 0 Å². The molecule has 0 bridgehead atoms. The van der Waals surface area contributed by atoms with Crippen LogP contribution < -0.4 is 26.8 Å². The molecule has 1 aliphatic rings. The van der Waals surface area contributed by atoms with E-state index in [4.69, 9.17) is 27.6 Å². The van der Waals surface area contributed by atoms with Crippen molar-refractivity contribution in [3.63, 3.8) is 0 Å². The van der Waals surface area contributed by atoms with Gasteiger partial charge in [-0.1, -0.05) is 32.4 Å². The fourth-order valence-corrected chi connectivity index (χ4v) is 3.92. The van der Waals surface area contributed by atoms with E-state index in [1.807, 2.05) is 20.8 Å². The van der Waals surface area contributed by atoms with Gasteiger partial charge in [-0.05, 0) is 41.3 Å². The van der Waals surface area contributed by atoms with E-state index in [9.17, 15) is 14.4 Å². The lowest BCUT2D eigenvalue weighted by molar-refractivity contribution is 0.0966. The Morgan fingerprint density at radius 3 is 2.37 bits per heavy atom. The molecule has 1 aromatic heterocycles. The maximum absolute atomic E-state index is 12.3. The molecule has 0 unspecified atom stereocenters. The van der Waals surface area contributed by atoms with E-state index in [0.717, 1.165) is 0 Å². The molecule has 3 N–H and O–H groups in total. The molecule has 0 radical (unpaired) electrons. The first-order chi connectivity index (χ1) is 14.1. The molecule has 0 spiro atoms. The van der Waals surface area contributed by atoms with Gasteiger partial charge in [-0.3, -0.25) is 14.4 Å². The number of carbonyl (C=O) groups is 1. The normalized spacial score (nSPS) is 14.5. The third-order valence-corrected chi connectivity index (χ3v) is 5.67. The van der Waals surface area contributed by atoms with Crippen LogP contribution in [0.1, 0.15) is 48.5 Å². The van der Waals surface area contributed by atoms with Gasteiger partial charge in [0.2, 0.25) is 0 Å². The number of furan rings is 1.